The van der Waals surface area contributed by atoms with E-state index >= 15 is 0 Å². The summed E-state index contributed by atoms with van der Waals surface area (Å²) in [4.78, 5) is 26.8. The van der Waals surface area contributed by atoms with E-state index in [1.54, 1.807) is 0 Å². The second-order valence-corrected chi connectivity index (χ2v) is 15.0. The highest BCUT2D eigenvalue weighted by atomic mass is 32.2. The van der Waals surface area contributed by atoms with E-state index in [1.807, 2.05) is 0 Å². The molecule has 0 spiro atoms. The van der Waals surface area contributed by atoms with Crippen molar-refractivity contribution < 1.29 is 58.2 Å². The maximum Gasteiger partial charge on any atom is 0.435 e. The van der Waals surface area contributed by atoms with Crippen molar-refractivity contribution in [2.45, 2.75) is 92.1 Å². The van der Waals surface area contributed by atoms with Gasteiger partial charge in [0.1, 0.15) is 15.8 Å². The Kier molecular flexibility index (Phi) is 9.12. The number of nitrogens with zero attached hydrogens (tertiary/aromatic N) is 1. The Balaban J connectivity index is 1.86. The summed E-state index contributed by atoms with van der Waals surface area (Å²) in [5, 5.41) is 10.1. The van der Waals surface area contributed by atoms with Crippen LogP contribution in [0.25, 0.3) is 0 Å². The molecule has 2 aromatic rings. The standard InChI is InChI=1S/C31H33F8NO5S/c1-26(2,32)18-20-7-6-8-23(17-20)46(44,45)28(15-16-40(19-28)24(41)27(25(42)43)13-4-3-5-14-27)21-9-11-22(12-10-21)29(33,30(34,35)36)31(37,38)39/h6-12,17H,3-5,13-16,18-19H2,1-2H3,(H,42,43). The summed E-state index contributed by atoms with van der Waals surface area (Å²) in [5.74, 6) is -2.24. The number of hydrogen-bond donors (Lipinski definition) is 1. The van der Waals surface area contributed by atoms with Crippen molar-refractivity contribution in [2.24, 2.45) is 5.41 Å². The second kappa shape index (κ2) is 11.8. The van der Waals surface area contributed by atoms with Crippen molar-refractivity contribution in [3.8, 4) is 0 Å². The summed E-state index contributed by atoms with van der Waals surface area (Å²) in [6, 6.07) is 6.90. The highest BCUT2D eigenvalue weighted by Gasteiger charge is 2.73. The molecule has 1 heterocycles. The fraction of sp³-hybridized carbons (Fsp3) is 0.548. The van der Waals surface area contributed by atoms with Crippen LogP contribution in [0.1, 0.15) is 69.1 Å². The zero-order valence-electron chi connectivity index (χ0n) is 24.9. The predicted molar refractivity (Wildman–Crippen MR) is 150 cm³/mol. The summed E-state index contributed by atoms with van der Waals surface area (Å²) < 4.78 is 137. The molecule has 4 rings (SSSR count). The lowest BCUT2D eigenvalue weighted by molar-refractivity contribution is -0.348. The first-order chi connectivity index (χ1) is 21.0. The van der Waals surface area contributed by atoms with E-state index in [2.05, 4.69) is 0 Å². The number of alkyl halides is 8. The molecule has 1 unspecified atom stereocenters. The lowest BCUT2D eigenvalue weighted by Gasteiger charge is -2.36. The minimum Gasteiger partial charge on any atom is -0.480 e. The molecule has 2 aromatic carbocycles. The van der Waals surface area contributed by atoms with Gasteiger partial charge < -0.3 is 10.0 Å². The number of carboxylic acids is 1. The van der Waals surface area contributed by atoms with Gasteiger partial charge in [-0.1, -0.05) is 55.7 Å². The van der Waals surface area contributed by atoms with E-state index in [9.17, 15) is 58.2 Å². The smallest absolute Gasteiger partial charge is 0.435 e. The zero-order chi connectivity index (χ0) is 34.6. The first kappa shape index (κ1) is 35.6. The Morgan fingerprint density at radius 1 is 0.848 bits per heavy atom. The topological polar surface area (TPSA) is 91.8 Å². The molecule has 2 fully saturated rings. The molecule has 1 amide bonds. The molecule has 0 radical (unpaired) electrons. The summed E-state index contributed by atoms with van der Waals surface area (Å²) >= 11 is 0. The van der Waals surface area contributed by atoms with Crippen LogP contribution < -0.4 is 0 Å². The van der Waals surface area contributed by atoms with Crippen LogP contribution in [0.3, 0.4) is 0 Å². The molecule has 0 bridgehead atoms. The molecular formula is C31H33F8NO5S. The van der Waals surface area contributed by atoms with Crippen LogP contribution in [0.4, 0.5) is 35.1 Å². The number of sulfone groups is 1. The van der Waals surface area contributed by atoms with E-state index < -0.39 is 74.1 Å². The van der Waals surface area contributed by atoms with Gasteiger partial charge in [0.05, 0.1) is 4.90 Å². The zero-order valence-corrected chi connectivity index (χ0v) is 25.8. The summed E-state index contributed by atoms with van der Waals surface area (Å²) in [7, 11) is -4.68. The minimum atomic E-state index is -6.40. The maximum atomic E-state index is 14.8. The maximum absolute atomic E-state index is 14.8. The van der Waals surface area contributed by atoms with Crippen molar-refractivity contribution >= 4 is 21.7 Å². The number of halogens is 8. The number of carbonyl (C=O) groups is 2. The van der Waals surface area contributed by atoms with Crippen LogP contribution in [0.15, 0.2) is 53.4 Å². The number of benzene rings is 2. The van der Waals surface area contributed by atoms with Gasteiger partial charge in [-0.3, -0.25) is 9.59 Å². The van der Waals surface area contributed by atoms with Crippen molar-refractivity contribution in [3.05, 3.63) is 65.2 Å². The average molecular weight is 684 g/mol. The highest BCUT2D eigenvalue weighted by molar-refractivity contribution is 7.92. The monoisotopic (exact) mass is 683 g/mol. The van der Waals surface area contributed by atoms with Gasteiger partial charge in [-0.15, -0.1) is 0 Å². The van der Waals surface area contributed by atoms with Gasteiger partial charge in [0.15, 0.2) is 9.84 Å². The molecule has 254 valence electrons. The van der Waals surface area contributed by atoms with E-state index in [4.69, 9.17) is 0 Å². The van der Waals surface area contributed by atoms with Crippen molar-refractivity contribution in [1.82, 2.24) is 4.90 Å². The third-order valence-electron chi connectivity index (χ3n) is 8.98. The largest absolute Gasteiger partial charge is 0.480 e. The fourth-order valence-corrected chi connectivity index (χ4v) is 8.72. The van der Waals surface area contributed by atoms with E-state index in [0.29, 0.717) is 31.4 Å². The minimum absolute atomic E-state index is 0.000637. The number of likely N-dealkylation sites (tertiary alicyclic amines) is 1. The summed E-state index contributed by atoms with van der Waals surface area (Å²) in [6.07, 6.45) is -11.9. The summed E-state index contributed by atoms with van der Waals surface area (Å²) in [6.45, 7) is 1.56. The van der Waals surface area contributed by atoms with Crippen LogP contribution in [0, 0.1) is 5.41 Å². The Morgan fingerprint density at radius 2 is 1.41 bits per heavy atom. The normalized spacial score (nSPS) is 21.3. The molecule has 0 aromatic heterocycles. The highest BCUT2D eigenvalue weighted by Crippen LogP contribution is 2.54. The Labute approximate surface area is 260 Å². The van der Waals surface area contributed by atoms with Crippen molar-refractivity contribution in [1.29, 1.82) is 0 Å². The Bertz CT molecular complexity index is 1560. The number of amides is 1. The molecule has 1 aliphatic heterocycles. The van der Waals surface area contributed by atoms with E-state index in [-0.39, 0.29) is 54.0 Å². The van der Waals surface area contributed by atoms with E-state index in [0.717, 1.165) is 4.90 Å². The predicted octanol–water partition coefficient (Wildman–Crippen LogP) is 7.20. The molecule has 6 nitrogen and oxygen atoms in total. The molecule has 1 aliphatic carbocycles. The number of aliphatic carboxylic acids is 1. The lowest BCUT2D eigenvalue weighted by atomic mass is 9.73. The van der Waals surface area contributed by atoms with E-state index in [1.165, 1.54) is 38.1 Å². The number of carbonyl (C=O) groups excluding carboxylic acids is 1. The molecule has 15 heteroatoms. The molecule has 1 saturated carbocycles. The van der Waals surface area contributed by atoms with Gasteiger partial charge in [-0.25, -0.2) is 17.2 Å². The van der Waals surface area contributed by atoms with Crippen molar-refractivity contribution in [2.75, 3.05) is 13.1 Å². The van der Waals surface area contributed by atoms with Crippen molar-refractivity contribution in [3.63, 3.8) is 0 Å². The first-order valence-electron chi connectivity index (χ1n) is 14.5. The van der Waals surface area contributed by atoms with Gasteiger partial charge in [0.25, 0.3) is 0 Å². The quantitative estimate of drug-likeness (QED) is 0.235. The Morgan fingerprint density at radius 3 is 1.91 bits per heavy atom. The first-order valence-corrected chi connectivity index (χ1v) is 16.0. The van der Waals surface area contributed by atoms with Crippen LogP contribution in [0.5, 0.6) is 0 Å². The molecular weight excluding hydrogens is 650 g/mol. The third kappa shape index (κ3) is 5.99. The molecule has 46 heavy (non-hydrogen) atoms. The molecule has 1 N–H and O–H groups in total. The lowest BCUT2D eigenvalue weighted by Crippen LogP contribution is -2.51. The number of carboxylic acid groups (broad SMARTS) is 1. The van der Waals surface area contributed by atoms with Crippen LogP contribution in [0.2, 0.25) is 0 Å². The Hall–Kier alpha value is -3.23. The van der Waals surface area contributed by atoms with Gasteiger partial charge >= 0.3 is 24.0 Å². The second-order valence-electron chi connectivity index (χ2n) is 12.7. The van der Waals surface area contributed by atoms with Gasteiger partial charge in [0, 0.05) is 25.1 Å². The van der Waals surface area contributed by atoms with Crippen LogP contribution in [-0.4, -0.2) is 61.4 Å². The summed E-state index contributed by atoms with van der Waals surface area (Å²) in [5.41, 5.74) is -11.2. The molecule has 1 atom stereocenters. The molecule has 1 saturated heterocycles. The third-order valence-corrected chi connectivity index (χ3v) is 11.5. The van der Waals surface area contributed by atoms with Gasteiger partial charge in [-0.05, 0) is 56.4 Å². The van der Waals surface area contributed by atoms with Gasteiger partial charge in [-0.2, -0.15) is 26.3 Å². The number of rotatable bonds is 8. The number of hydrogen-bond acceptors (Lipinski definition) is 4. The SMILES string of the molecule is CC(C)(F)Cc1cccc(S(=O)(=O)C2(c3ccc(C(F)(C(F)(F)F)C(F)(F)F)cc3)CCN(C(=O)C3(C(=O)O)CCCCC3)C2)c1. The van der Waals surface area contributed by atoms with Crippen LogP contribution in [-0.2, 0) is 36.3 Å². The fourth-order valence-electron chi connectivity index (χ4n) is 6.57. The molecule has 2 aliphatic rings. The van der Waals surface area contributed by atoms with Gasteiger partial charge in [0.2, 0.25) is 5.91 Å². The average Bonchev–Trinajstić information content (AvgIpc) is 3.42. The van der Waals surface area contributed by atoms with Crippen LogP contribution >= 0.6 is 0 Å².